The summed E-state index contributed by atoms with van der Waals surface area (Å²) >= 11 is 17.4. The molecule has 81 heavy (non-hydrogen) atoms. The molecule has 0 aliphatic carbocycles. The van der Waals surface area contributed by atoms with Crippen molar-refractivity contribution in [1.29, 1.82) is 0 Å². The van der Waals surface area contributed by atoms with E-state index in [0.29, 0.717) is 24.8 Å². The number of aromatic nitrogens is 3. The Hall–Kier alpha value is -5.56. The molecular formula is C58H74Br2ClN12O5S3+3. The Kier molecular flexibility index (Phi) is 27.7. The van der Waals surface area contributed by atoms with Crippen molar-refractivity contribution in [2.24, 2.45) is 30.7 Å². The number of azo groups is 3. The third-order valence-corrected chi connectivity index (χ3v) is 16.7. The number of anilines is 3. The zero-order chi connectivity index (χ0) is 57.9. The van der Waals surface area contributed by atoms with Crippen molar-refractivity contribution in [1.82, 2.24) is 0 Å². The maximum Gasteiger partial charge on any atom is 0.409 e. The largest absolute Gasteiger partial charge is 0.497 e. The quantitative estimate of drug-likeness (QED) is 0.0247. The Morgan fingerprint density at radius 3 is 1.37 bits per heavy atom. The molecule has 0 radical (unpaired) electrons. The van der Waals surface area contributed by atoms with Crippen molar-refractivity contribution in [2.45, 2.75) is 65.3 Å². The molecule has 3 heterocycles. The van der Waals surface area contributed by atoms with Crippen molar-refractivity contribution in [2.75, 3.05) is 98.9 Å². The molecule has 0 bridgehead atoms. The number of thiazole rings is 3. The van der Waals surface area contributed by atoms with E-state index in [1.54, 1.807) is 36.9 Å². The van der Waals surface area contributed by atoms with Gasteiger partial charge in [0.1, 0.15) is 58.4 Å². The highest BCUT2D eigenvalue weighted by atomic mass is 79.9. The Morgan fingerprint density at radius 1 is 0.580 bits per heavy atom. The second kappa shape index (κ2) is 34.8. The van der Waals surface area contributed by atoms with E-state index in [-0.39, 0.29) is 19.1 Å². The topological polar surface area (TPSA) is 175 Å². The minimum Gasteiger partial charge on any atom is -0.497 e. The van der Waals surface area contributed by atoms with Gasteiger partial charge >= 0.3 is 15.4 Å². The number of halogens is 3. The van der Waals surface area contributed by atoms with Crippen LogP contribution in [0.2, 0.25) is 0 Å². The van der Waals surface area contributed by atoms with Gasteiger partial charge in [-0.1, -0.05) is 45.7 Å². The maximum absolute atomic E-state index is 9.67. The number of ether oxygens (including phenoxy) is 2. The molecule has 0 saturated heterocycles. The lowest BCUT2D eigenvalue weighted by Gasteiger charge is -2.23. The summed E-state index contributed by atoms with van der Waals surface area (Å²) in [5.41, 5.74) is 8.00. The molecule has 0 aliphatic rings. The summed E-state index contributed by atoms with van der Waals surface area (Å²) in [6.07, 6.45) is 5.35. The van der Waals surface area contributed by atoms with Crippen LogP contribution >= 0.6 is 77.5 Å². The monoisotopic (exact) mass is 1310 g/mol. The number of rotatable bonds is 28. The van der Waals surface area contributed by atoms with Crippen LogP contribution in [-0.4, -0.2) is 106 Å². The number of benzene rings is 5. The van der Waals surface area contributed by atoms with Crippen LogP contribution in [0.4, 0.5) is 49.5 Å². The number of methoxy groups -OCH3 is 2. The third kappa shape index (κ3) is 19.5. The lowest BCUT2D eigenvalue weighted by molar-refractivity contribution is -0.686. The second-order valence-corrected chi connectivity index (χ2v) is 23.2. The zero-order valence-corrected chi connectivity index (χ0v) is 53.2. The highest BCUT2D eigenvalue weighted by molar-refractivity contribution is 9.09. The van der Waals surface area contributed by atoms with Gasteiger partial charge in [0.05, 0.1) is 71.1 Å². The van der Waals surface area contributed by atoms with Crippen molar-refractivity contribution in [3.8, 4) is 11.5 Å². The SMILES string of the molecule is CCCN(CCO)c1ccc(N=Nc2sc3cc(OC)ccc3[n+]2CCCBr)cc1.CCCN(CCO)c1ccc(N=Nc2scc[n+]2CC(O)CCl)cc1.COc1ccc2c(c1)sc(N=Nc1ccc(N(C)C)cc1)[n+]2CCCBr. The first-order chi connectivity index (χ1) is 39.5. The average molecular weight is 1310 g/mol. The van der Waals surface area contributed by atoms with Crippen molar-refractivity contribution in [3.63, 3.8) is 0 Å². The Morgan fingerprint density at radius 2 is 1.00 bits per heavy atom. The lowest BCUT2D eigenvalue weighted by atomic mass is 10.2. The molecule has 23 heteroatoms. The van der Waals surface area contributed by atoms with Gasteiger partial charge < -0.3 is 39.5 Å². The van der Waals surface area contributed by atoms with Crippen LogP contribution in [0.25, 0.3) is 20.4 Å². The molecule has 8 rings (SSSR count). The maximum atomic E-state index is 9.67. The predicted octanol–water partition coefficient (Wildman–Crippen LogP) is 14.3. The molecule has 8 aromatic rings. The van der Waals surface area contributed by atoms with Gasteiger partial charge in [0.25, 0.3) is 0 Å². The average Bonchev–Trinajstić information content (AvgIpc) is 4.40. The molecule has 432 valence electrons. The van der Waals surface area contributed by atoms with Gasteiger partial charge in [-0.15, -0.1) is 11.6 Å². The van der Waals surface area contributed by atoms with E-state index in [4.69, 9.17) is 21.1 Å². The van der Waals surface area contributed by atoms with Gasteiger partial charge in [-0.05, 0) is 172 Å². The van der Waals surface area contributed by atoms with Gasteiger partial charge in [-0.25, -0.2) is 13.7 Å². The minimum absolute atomic E-state index is 0.133. The van der Waals surface area contributed by atoms with Gasteiger partial charge in [-0.2, -0.15) is 0 Å². The molecule has 0 amide bonds. The Bertz CT molecular complexity index is 3210. The first-order valence-electron chi connectivity index (χ1n) is 26.8. The Labute approximate surface area is 509 Å². The molecule has 5 aromatic carbocycles. The van der Waals surface area contributed by atoms with Crippen molar-refractivity contribution >= 4 is 147 Å². The van der Waals surface area contributed by atoms with Crippen LogP contribution in [0.3, 0.4) is 0 Å². The third-order valence-electron chi connectivity index (χ3n) is 12.3. The van der Waals surface area contributed by atoms with E-state index >= 15 is 0 Å². The van der Waals surface area contributed by atoms with Crippen LogP contribution in [0.1, 0.15) is 39.5 Å². The fourth-order valence-corrected chi connectivity index (χ4v) is 11.6. The number of nitrogens with zero attached hydrogens (tertiary/aromatic N) is 12. The molecule has 0 fully saturated rings. The van der Waals surface area contributed by atoms with Gasteiger partial charge in [0.2, 0.25) is 0 Å². The molecule has 0 saturated carbocycles. The van der Waals surface area contributed by atoms with Crippen LogP contribution in [-0.2, 0) is 19.6 Å². The fraction of sp³-hybridized carbons (Fsp3) is 0.397. The van der Waals surface area contributed by atoms with E-state index in [1.165, 1.54) is 11.3 Å². The van der Waals surface area contributed by atoms with Gasteiger partial charge in [-0.3, -0.25) is 0 Å². The zero-order valence-electron chi connectivity index (χ0n) is 46.8. The summed E-state index contributed by atoms with van der Waals surface area (Å²) in [6.45, 7) is 9.76. The highest BCUT2D eigenvalue weighted by Crippen LogP contribution is 2.33. The highest BCUT2D eigenvalue weighted by Gasteiger charge is 2.22. The number of aliphatic hydroxyl groups is 3. The van der Waals surface area contributed by atoms with E-state index < -0.39 is 6.10 Å². The number of alkyl halides is 3. The smallest absolute Gasteiger partial charge is 0.409 e. The fourth-order valence-electron chi connectivity index (χ4n) is 8.27. The number of hydrogen-bond acceptors (Lipinski definition) is 17. The molecule has 3 aromatic heterocycles. The molecule has 3 N–H and O–H groups in total. The predicted molar refractivity (Wildman–Crippen MR) is 341 cm³/mol. The van der Waals surface area contributed by atoms with Crippen LogP contribution < -0.4 is 37.9 Å². The van der Waals surface area contributed by atoms with Gasteiger partial charge in [0, 0.05) is 85.5 Å². The summed E-state index contributed by atoms with van der Waals surface area (Å²) in [6, 6.07) is 36.1. The molecule has 1 unspecified atom stereocenters. The molecule has 0 spiro atoms. The molecular weight excluding hydrogens is 1240 g/mol. The molecule has 0 aliphatic heterocycles. The van der Waals surface area contributed by atoms with E-state index in [2.05, 4.69) is 118 Å². The normalized spacial score (nSPS) is 11.8. The summed E-state index contributed by atoms with van der Waals surface area (Å²) in [5.74, 6) is 1.88. The molecule has 17 nitrogen and oxygen atoms in total. The van der Waals surface area contributed by atoms with Crippen LogP contribution in [0.5, 0.6) is 11.5 Å². The van der Waals surface area contributed by atoms with E-state index in [0.717, 1.165) is 139 Å². The first-order valence-corrected chi connectivity index (χ1v) is 32.1. The van der Waals surface area contributed by atoms with Crippen molar-refractivity contribution < 1.29 is 38.5 Å². The summed E-state index contributed by atoms with van der Waals surface area (Å²) < 4.78 is 19.3. The summed E-state index contributed by atoms with van der Waals surface area (Å²) in [5, 5.41) is 60.9. The summed E-state index contributed by atoms with van der Waals surface area (Å²) in [7, 11) is 7.41. The Balaban J connectivity index is 0.000000197. The first kappa shape index (κ1) is 64.6. The number of hydrogen-bond donors (Lipinski definition) is 3. The standard InChI is InChI=1S/C22H28BrN4O2S.C19H22BrN4OS.C17H24ClN4O2S/c1-3-12-26(14-15-28)18-7-5-17(6-8-18)24-25-22-27(13-4-11-23)20-10-9-19(29-2)16-21(20)30-22;1-23(2)15-7-5-14(6-8-15)21-22-19-24(12-4-11-20)17-10-9-16(25-3)13-18(17)26-19;1-2-7-21(8-10-23)15-5-3-14(4-6-15)19-20-17-22(9-11-25-17)13-16(24)12-18/h5-10,16,28H,3-4,11-15H2,1-2H3;5-10,13H,4,11-12H2,1-3H3;3-6,9,11,16,23-24H,2,7-8,10,12-13H2,1H3/q3*+1. The van der Waals surface area contributed by atoms with E-state index in [9.17, 15) is 15.3 Å². The second-order valence-electron chi connectivity index (χ2n) is 18.4. The molecule has 1 atom stereocenters. The number of aryl methyl sites for hydroxylation is 2. The van der Waals surface area contributed by atoms with Gasteiger partial charge in [0.15, 0.2) is 0 Å². The lowest BCUT2D eigenvalue weighted by Crippen LogP contribution is -2.38. The van der Waals surface area contributed by atoms with Crippen LogP contribution in [0, 0.1) is 0 Å². The van der Waals surface area contributed by atoms with E-state index in [1.807, 2.05) is 121 Å². The number of aliphatic hydroxyl groups excluding tert-OH is 3. The van der Waals surface area contributed by atoms with Crippen molar-refractivity contribution in [3.05, 3.63) is 121 Å². The minimum atomic E-state index is -0.606. The summed E-state index contributed by atoms with van der Waals surface area (Å²) in [4.78, 5) is 6.38. The number of fused-ring (bicyclic) bond motifs is 2. The van der Waals surface area contributed by atoms with Crippen LogP contribution in [0.15, 0.2) is 151 Å².